The van der Waals surface area contributed by atoms with Gasteiger partial charge in [0.05, 0.1) is 12.6 Å². The summed E-state index contributed by atoms with van der Waals surface area (Å²) >= 11 is 0. The third-order valence-electron chi connectivity index (χ3n) is 4.93. The highest BCUT2D eigenvalue weighted by Gasteiger charge is 2.18. The number of nitrogens with zero attached hydrogens (tertiary/aromatic N) is 2. The van der Waals surface area contributed by atoms with Crippen molar-refractivity contribution in [3.8, 4) is 0 Å². The zero-order valence-electron chi connectivity index (χ0n) is 14.6. The van der Waals surface area contributed by atoms with E-state index in [1.165, 1.54) is 29.0 Å². The Morgan fingerprint density at radius 1 is 1.04 bits per heavy atom. The molecule has 0 saturated carbocycles. The Kier molecular flexibility index (Phi) is 4.32. The maximum Gasteiger partial charge on any atom is 0.424 e. The van der Waals surface area contributed by atoms with Crippen molar-refractivity contribution in [1.29, 1.82) is 0 Å². The van der Waals surface area contributed by atoms with Crippen molar-refractivity contribution in [2.24, 2.45) is 0 Å². The van der Waals surface area contributed by atoms with Crippen LogP contribution in [0, 0.1) is 0 Å². The normalized spacial score (nSPS) is 15.8. The van der Waals surface area contributed by atoms with Crippen LogP contribution >= 0.6 is 0 Å². The summed E-state index contributed by atoms with van der Waals surface area (Å²) in [5.41, 5.74) is 4.18. The van der Waals surface area contributed by atoms with E-state index in [2.05, 4.69) is 36.2 Å². The molecule has 5 nitrogen and oxygen atoms in total. The van der Waals surface area contributed by atoms with Crippen molar-refractivity contribution in [2.75, 3.05) is 25.0 Å². The molecule has 3 aromatic rings. The van der Waals surface area contributed by atoms with E-state index >= 15 is 0 Å². The summed E-state index contributed by atoms with van der Waals surface area (Å²) in [4.78, 5) is 15.9. The number of quaternary nitrogens is 1. The Balaban J connectivity index is 1.55. The molecule has 1 aromatic heterocycles. The Hall–Kier alpha value is -2.53. The minimum Gasteiger partial charge on any atom is -0.408 e. The summed E-state index contributed by atoms with van der Waals surface area (Å²) in [6.45, 7) is 3.74. The molecule has 130 valence electrons. The Morgan fingerprint density at radius 2 is 1.76 bits per heavy atom. The van der Waals surface area contributed by atoms with Crippen LogP contribution in [-0.4, -0.2) is 24.7 Å². The zero-order chi connectivity index (χ0) is 17.2. The number of benzene rings is 2. The number of oxazole rings is 1. The Morgan fingerprint density at radius 3 is 2.60 bits per heavy atom. The van der Waals surface area contributed by atoms with Gasteiger partial charge in [-0.15, -0.1) is 0 Å². The minimum absolute atomic E-state index is 0.284. The first-order valence-electron chi connectivity index (χ1n) is 8.95. The third kappa shape index (κ3) is 3.20. The average molecular weight is 338 g/mol. The van der Waals surface area contributed by atoms with Gasteiger partial charge in [0, 0.05) is 24.3 Å². The van der Waals surface area contributed by atoms with Gasteiger partial charge < -0.3 is 14.2 Å². The lowest BCUT2D eigenvalue weighted by Crippen LogP contribution is -3.07. The predicted octanol–water partition coefficient (Wildman–Crippen LogP) is 1.87. The minimum atomic E-state index is -0.284. The fourth-order valence-corrected chi connectivity index (χ4v) is 3.74. The highest BCUT2D eigenvalue weighted by Crippen LogP contribution is 2.23. The molecule has 1 aliphatic heterocycles. The van der Waals surface area contributed by atoms with Crippen molar-refractivity contribution in [1.82, 2.24) is 4.57 Å². The topological polar surface area (TPSA) is 42.8 Å². The van der Waals surface area contributed by atoms with Gasteiger partial charge in [0.2, 0.25) is 0 Å². The van der Waals surface area contributed by atoms with Crippen molar-refractivity contribution in [3.05, 3.63) is 64.6 Å². The Labute approximate surface area is 147 Å². The van der Waals surface area contributed by atoms with Gasteiger partial charge >= 0.3 is 5.76 Å². The molecule has 1 N–H and O–H groups in total. The number of rotatable bonds is 5. The van der Waals surface area contributed by atoms with E-state index in [9.17, 15) is 4.79 Å². The lowest BCUT2D eigenvalue weighted by atomic mass is 10.1. The maximum atomic E-state index is 12.2. The SMILES string of the molecule is C[NH+](Cc1ccccc1N1CCCC1)Cn1c(=O)oc2ccccc21. The standard InChI is InChI=1S/C20H23N3O2/c1-21(15-23-18-10-4-5-11-19(18)25-20(23)24)14-16-8-2-3-9-17(16)22-12-6-7-13-22/h2-5,8-11H,6-7,12-15H2,1H3/p+1. The molecule has 0 bridgehead atoms. The van der Waals surface area contributed by atoms with Crippen molar-refractivity contribution >= 4 is 16.8 Å². The van der Waals surface area contributed by atoms with Crippen LogP contribution in [0.15, 0.2) is 57.7 Å². The molecule has 0 spiro atoms. The molecule has 0 radical (unpaired) electrons. The molecule has 2 heterocycles. The summed E-state index contributed by atoms with van der Waals surface area (Å²) in [6, 6.07) is 16.2. The van der Waals surface area contributed by atoms with Crippen LogP contribution in [0.3, 0.4) is 0 Å². The molecule has 1 aliphatic rings. The molecule has 1 fully saturated rings. The Bertz CT molecular complexity index is 922. The van der Waals surface area contributed by atoms with Crippen LogP contribution in [-0.2, 0) is 13.2 Å². The van der Waals surface area contributed by atoms with Crippen molar-refractivity contribution in [2.45, 2.75) is 26.1 Å². The third-order valence-corrected chi connectivity index (χ3v) is 4.93. The molecule has 5 heteroatoms. The van der Waals surface area contributed by atoms with Gasteiger partial charge in [0.25, 0.3) is 0 Å². The molecular weight excluding hydrogens is 314 g/mol. The summed E-state index contributed by atoms with van der Waals surface area (Å²) in [7, 11) is 2.12. The second kappa shape index (κ2) is 6.76. The molecule has 1 atom stereocenters. The van der Waals surface area contributed by atoms with Crippen molar-refractivity contribution < 1.29 is 9.32 Å². The van der Waals surface area contributed by atoms with Gasteiger partial charge in [-0.25, -0.2) is 9.36 Å². The second-order valence-electron chi connectivity index (χ2n) is 6.88. The van der Waals surface area contributed by atoms with Gasteiger partial charge in [-0.3, -0.25) is 0 Å². The lowest BCUT2D eigenvalue weighted by Gasteiger charge is -2.23. The van der Waals surface area contributed by atoms with Crippen LogP contribution in [0.25, 0.3) is 11.1 Å². The van der Waals surface area contributed by atoms with Gasteiger partial charge in [-0.05, 0) is 31.0 Å². The monoisotopic (exact) mass is 338 g/mol. The molecule has 0 amide bonds. The maximum absolute atomic E-state index is 12.2. The first-order chi connectivity index (χ1) is 12.2. The van der Waals surface area contributed by atoms with Gasteiger partial charge in [0.1, 0.15) is 6.54 Å². The first kappa shape index (κ1) is 16.0. The van der Waals surface area contributed by atoms with E-state index in [1.54, 1.807) is 4.57 Å². The average Bonchev–Trinajstić information content (AvgIpc) is 3.24. The largest absolute Gasteiger partial charge is 0.424 e. The molecule has 1 saturated heterocycles. The lowest BCUT2D eigenvalue weighted by molar-refractivity contribution is -0.916. The van der Waals surface area contributed by atoms with Crippen LogP contribution in [0.4, 0.5) is 5.69 Å². The highest BCUT2D eigenvalue weighted by atomic mass is 16.4. The number of aromatic nitrogens is 1. The summed E-state index contributed by atoms with van der Waals surface area (Å²) in [6.07, 6.45) is 2.54. The number of hydrogen-bond donors (Lipinski definition) is 1. The quantitative estimate of drug-likeness (QED) is 0.772. The van der Waals surface area contributed by atoms with Crippen LogP contribution in [0.5, 0.6) is 0 Å². The molecule has 25 heavy (non-hydrogen) atoms. The van der Waals surface area contributed by atoms with Crippen molar-refractivity contribution in [3.63, 3.8) is 0 Å². The van der Waals surface area contributed by atoms with Gasteiger partial charge in [-0.2, -0.15) is 0 Å². The fraction of sp³-hybridized carbons (Fsp3) is 0.350. The van der Waals surface area contributed by atoms with Gasteiger partial charge in [-0.1, -0.05) is 30.3 Å². The zero-order valence-corrected chi connectivity index (χ0v) is 14.6. The van der Waals surface area contributed by atoms with E-state index in [1.807, 2.05) is 24.3 Å². The molecule has 0 aliphatic carbocycles. The second-order valence-corrected chi connectivity index (χ2v) is 6.88. The van der Waals surface area contributed by atoms with Crippen LogP contribution < -0.4 is 15.6 Å². The highest BCUT2D eigenvalue weighted by molar-refractivity contribution is 5.72. The number of anilines is 1. The molecule has 4 rings (SSSR count). The molecular formula is C20H24N3O2+. The summed E-state index contributed by atoms with van der Waals surface area (Å²) < 4.78 is 7.07. The van der Waals surface area contributed by atoms with E-state index < -0.39 is 0 Å². The van der Waals surface area contributed by atoms with Crippen LogP contribution in [0.2, 0.25) is 0 Å². The van der Waals surface area contributed by atoms with E-state index in [-0.39, 0.29) is 5.76 Å². The van der Waals surface area contributed by atoms with E-state index in [0.717, 1.165) is 25.2 Å². The smallest absolute Gasteiger partial charge is 0.408 e. The summed E-state index contributed by atoms with van der Waals surface area (Å²) in [5, 5.41) is 0. The van der Waals surface area contributed by atoms with E-state index in [4.69, 9.17) is 4.42 Å². The van der Waals surface area contributed by atoms with Crippen LogP contribution in [0.1, 0.15) is 18.4 Å². The number of hydrogen-bond acceptors (Lipinski definition) is 3. The number of fused-ring (bicyclic) bond motifs is 1. The summed E-state index contributed by atoms with van der Waals surface area (Å²) in [5.74, 6) is -0.284. The molecule has 1 unspecified atom stereocenters. The predicted molar refractivity (Wildman–Crippen MR) is 99.0 cm³/mol. The fourth-order valence-electron chi connectivity index (χ4n) is 3.74. The first-order valence-corrected chi connectivity index (χ1v) is 8.95. The number of para-hydroxylation sites is 3. The number of nitrogens with one attached hydrogen (secondary N) is 1. The molecule has 2 aromatic carbocycles. The van der Waals surface area contributed by atoms with E-state index in [0.29, 0.717) is 12.3 Å². The van der Waals surface area contributed by atoms with Gasteiger partial charge in [0.15, 0.2) is 12.3 Å².